The van der Waals surface area contributed by atoms with Crippen LogP contribution >= 0.6 is 7.14 Å². The second-order valence-electron chi connectivity index (χ2n) is 6.21. The van der Waals surface area contributed by atoms with Crippen molar-refractivity contribution in [3.05, 3.63) is 99.7 Å². The zero-order valence-corrected chi connectivity index (χ0v) is 15.4. The lowest BCUT2D eigenvalue weighted by Crippen LogP contribution is -2.16. The second-order valence-corrected chi connectivity index (χ2v) is 8.87. The fraction of sp³-hybridized carbons (Fsp3) is 0.136. The molecule has 0 saturated heterocycles. The third kappa shape index (κ3) is 3.04. The number of carbonyl (C=O) groups excluding carboxylic acids is 1. The normalized spacial score (nSPS) is 14.9. The van der Waals surface area contributed by atoms with Crippen molar-refractivity contribution in [3.8, 4) is 0 Å². The largest absolute Gasteiger partial charge is 0.305 e. The number of hydrogen-bond acceptors (Lipinski definition) is 2. The van der Waals surface area contributed by atoms with Crippen molar-refractivity contribution in [2.24, 2.45) is 0 Å². The molecule has 0 N–H and O–H groups in total. The summed E-state index contributed by atoms with van der Waals surface area (Å²) in [4.78, 5) is 13.5. The van der Waals surface area contributed by atoms with Gasteiger partial charge in [-0.1, -0.05) is 59.5 Å². The van der Waals surface area contributed by atoms with Gasteiger partial charge in [0.15, 0.2) is 0 Å². The molecule has 0 saturated carbocycles. The van der Waals surface area contributed by atoms with Crippen LogP contribution in [0.2, 0.25) is 0 Å². The first-order chi connectivity index (χ1) is 11.9. The smallest absolute Gasteiger partial charge is 0.230 e. The molecule has 0 heterocycles. The van der Waals surface area contributed by atoms with Gasteiger partial charge in [-0.05, 0) is 50.1 Å². The zero-order chi connectivity index (χ0) is 18.0. The predicted octanol–water partition coefficient (Wildman–Crippen LogP) is 5.20. The van der Waals surface area contributed by atoms with Crippen LogP contribution in [-0.4, -0.2) is 5.52 Å². The Morgan fingerprint density at radius 1 is 0.960 bits per heavy atom. The Morgan fingerprint density at radius 3 is 2.16 bits per heavy atom. The van der Waals surface area contributed by atoms with Gasteiger partial charge in [0.25, 0.3) is 0 Å². The molecule has 1 atom stereocenters. The Bertz CT molecular complexity index is 1010. The molecule has 25 heavy (non-hydrogen) atoms. The quantitative estimate of drug-likeness (QED) is 0.563. The molecule has 2 nitrogen and oxygen atoms in total. The molecule has 2 aromatic carbocycles. The lowest BCUT2D eigenvalue weighted by atomic mass is 10.0. The molecular formula is C22H19O2P. The van der Waals surface area contributed by atoms with Crippen molar-refractivity contribution >= 4 is 18.0 Å². The van der Waals surface area contributed by atoms with Gasteiger partial charge in [0.2, 0.25) is 12.7 Å². The number of carbonyl (C=O) groups is 1. The highest BCUT2D eigenvalue weighted by Gasteiger charge is 2.38. The lowest BCUT2D eigenvalue weighted by molar-refractivity contribution is 0.107. The molecule has 0 bridgehead atoms. The van der Waals surface area contributed by atoms with E-state index in [1.54, 1.807) is 30.4 Å². The average Bonchev–Trinajstić information content (AvgIpc) is 2.61. The molecule has 124 valence electrons. The van der Waals surface area contributed by atoms with Gasteiger partial charge in [0, 0.05) is 16.2 Å². The van der Waals surface area contributed by atoms with Crippen LogP contribution in [0.5, 0.6) is 0 Å². The van der Waals surface area contributed by atoms with Gasteiger partial charge in [-0.3, -0.25) is 4.79 Å². The topological polar surface area (TPSA) is 34.1 Å². The molecule has 1 aliphatic rings. The Labute approximate surface area is 148 Å². The molecule has 1 unspecified atom stereocenters. The predicted molar refractivity (Wildman–Crippen MR) is 103 cm³/mol. The van der Waals surface area contributed by atoms with Gasteiger partial charge >= 0.3 is 0 Å². The summed E-state index contributed by atoms with van der Waals surface area (Å²) in [5, 5.41) is 1.03. The van der Waals surface area contributed by atoms with Crippen LogP contribution in [0.4, 0.5) is 0 Å². The SMILES string of the molecule is Cc1cc(C)c(C(=O)P(=O)(C2=CC=C=C=C2)c2ccccc2)c(C)c1. The Kier molecular flexibility index (Phi) is 4.62. The van der Waals surface area contributed by atoms with Crippen LogP contribution in [0.15, 0.2) is 77.5 Å². The summed E-state index contributed by atoms with van der Waals surface area (Å²) in [5.41, 5.74) is 8.65. The van der Waals surface area contributed by atoms with E-state index in [2.05, 4.69) is 11.5 Å². The number of hydrogen-bond donors (Lipinski definition) is 0. The fourth-order valence-corrected chi connectivity index (χ4v) is 5.79. The summed E-state index contributed by atoms with van der Waals surface area (Å²) in [6.07, 6.45) is 4.94. The van der Waals surface area contributed by atoms with Gasteiger partial charge < -0.3 is 4.57 Å². The number of aryl methyl sites for hydroxylation is 3. The highest BCUT2D eigenvalue weighted by molar-refractivity contribution is 7.91. The van der Waals surface area contributed by atoms with Crippen LogP contribution in [0.25, 0.3) is 0 Å². The van der Waals surface area contributed by atoms with E-state index in [1.807, 2.05) is 51.1 Å². The maximum absolute atomic E-state index is 14.1. The average molecular weight is 346 g/mol. The van der Waals surface area contributed by atoms with Crippen molar-refractivity contribution in [1.29, 1.82) is 0 Å². The molecule has 1 aliphatic carbocycles. The highest BCUT2D eigenvalue weighted by atomic mass is 31.2. The number of benzene rings is 2. The molecular weight excluding hydrogens is 327 g/mol. The summed E-state index contributed by atoms with van der Waals surface area (Å²) < 4.78 is 14.1. The Hall–Kier alpha value is -2.62. The van der Waals surface area contributed by atoms with Crippen molar-refractivity contribution < 1.29 is 9.36 Å². The van der Waals surface area contributed by atoms with Crippen LogP contribution in [0, 0.1) is 20.8 Å². The van der Waals surface area contributed by atoms with Crippen molar-refractivity contribution in [1.82, 2.24) is 0 Å². The van der Waals surface area contributed by atoms with E-state index < -0.39 is 7.14 Å². The summed E-state index contributed by atoms with van der Waals surface area (Å²) in [6, 6.07) is 12.9. The zero-order valence-electron chi connectivity index (χ0n) is 14.5. The molecule has 0 amide bonds. The first-order valence-electron chi connectivity index (χ1n) is 8.11. The molecule has 3 rings (SSSR count). The van der Waals surface area contributed by atoms with E-state index >= 15 is 0 Å². The minimum Gasteiger partial charge on any atom is -0.305 e. The van der Waals surface area contributed by atoms with E-state index in [-0.39, 0.29) is 5.52 Å². The van der Waals surface area contributed by atoms with Crippen LogP contribution in [0.1, 0.15) is 27.0 Å². The van der Waals surface area contributed by atoms with Crippen molar-refractivity contribution in [2.75, 3.05) is 0 Å². The summed E-state index contributed by atoms with van der Waals surface area (Å²) in [7, 11) is -3.50. The van der Waals surface area contributed by atoms with Gasteiger partial charge in [-0.2, -0.15) is 0 Å². The van der Waals surface area contributed by atoms with E-state index in [9.17, 15) is 9.36 Å². The van der Waals surface area contributed by atoms with Crippen LogP contribution in [-0.2, 0) is 4.57 Å². The third-order valence-electron chi connectivity index (χ3n) is 4.30. The van der Waals surface area contributed by atoms with Crippen LogP contribution < -0.4 is 5.30 Å². The number of allylic oxidation sites excluding steroid dienone is 4. The molecule has 0 aliphatic heterocycles. The summed E-state index contributed by atoms with van der Waals surface area (Å²) in [6.45, 7) is 5.79. The van der Waals surface area contributed by atoms with E-state index in [1.165, 1.54) is 0 Å². The molecule has 0 radical (unpaired) electrons. The molecule has 0 aromatic heterocycles. The minimum absolute atomic E-state index is 0.326. The summed E-state index contributed by atoms with van der Waals surface area (Å²) in [5.74, 6) is 0. The monoisotopic (exact) mass is 346 g/mol. The first-order valence-corrected chi connectivity index (χ1v) is 9.82. The molecule has 3 heteroatoms. The Balaban J connectivity index is 2.26. The van der Waals surface area contributed by atoms with Gasteiger partial charge in [-0.15, -0.1) is 0 Å². The second kappa shape index (κ2) is 6.71. The first kappa shape index (κ1) is 17.2. The van der Waals surface area contributed by atoms with Crippen LogP contribution in [0.3, 0.4) is 0 Å². The van der Waals surface area contributed by atoms with Gasteiger partial charge in [0.05, 0.1) is 0 Å². The number of rotatable bonds is 4. The van der Waals surface area contributed by atoms with Gasteiger partial charge in [-0.25, -0.2) is 0 Å². The fourth-order valence-electron chi connectivity index (χ4n) is 3.23. The third-order valence-corrected chi connectivity index (χ3v) is 7.13. The maximum Gasteiger partial charge on any atom is 0.230 e. The Morgan fingerprint density at radius 2 is 1.60 bits per heavy atom. The van der Waals surface area contributed by atoms with E-state index in [4.69, 9.17) is 0 Å². The minimum atomic E-state index is -3.50. The van der Waals surface area contributed by atoms with Crippen molar-refractivity contribution in [3.63, 3.8) is 0 Å². The molecule has 0 fully saturated rings. The van der Waals surface area contributed by atoms with E-state index in [0.717, 1.165) is 16.7 Å². The summed E-state index contributed by atoms with van der Waals surface area (Å²) >= 11 is 0. The van der Waals surface area contributed by atoms with Gasteiger partial charge in [0.1, 0.15) is 0 Å². The lowest BCUT2D eigenvalue weighted by Gasteiger charge is -2.21. The maximum atomic E-state index is 14.1. The standard InChI is InChI=1S/C22H19O2P/c1-16-14-17(2)21(18(3)15-16)22(23)25(24,19-10-6-4-7-11-19)20-12-8-5-9-13-20/h4,6-8,10-15H,1-3H3. The van der Waals surface area contributed by atoms with Crippen molar-refractivity contribution in [2.45, 2.75) is 20.8 Å². The highest BCUT2D eigenvalue weighted by Crippen LogP contribution is 2.56. The van der Waals surface area contributed by atoms with E-state index in [0.29, 0.717) is 16.2 Å². The molecule has 2 aromatic rings. The molecule has 0 spiro atoms.